The third kappa shape index (κ3) is 2.25. The molecule has 0 radical (unpaired) electrons. The van der Waals surface area contributed by atoms with Crippen LogP contribution in [0.15, 0.2) is 23.0 Å². The van der Waals surface area contributed by atoms with Crippen molar-refractivity contribution in [2.75, 3.05) is 0 Å². The Morgan fingerprint density at radius 2 is 2.20 bits per heavy atom. The molecule has 0 amide bonds. The van der Waals surface area contributed by atoms with Gasteiger partial charge < -0.3 is 9.73 Å². The van der Waals surface area contributed by atoms with Gasteiger partial charge in [-0.1, -0.05) is 13.8 Å². The van der Waals surface area contributed by atoms with Crippen LogP contribution in [0.2, 0.25) is 0 Å². The molecule has 0 saturated heterocycles. The van der Waals surface area contributed by atoms with E-state index < -0.39 is 0 Å². The average Bonchev–Trinajstić information content (AvgIpc) is 2.83. The smallest absolute Gasteiger partial charge is 0.0950 e. The highest BCUT2D eigenvalue weighted by Crippen LogP contribution is 2.32. The highest BCUT2D eigenvalue weighted by Gasteiger charge is 2.30. The molecule has 84 valence electrons. The van der Waals surface area contributed by atoms with Crippen LogP contribution in [0.25, 0.3) is 0 Å². The lowest BCUT2D eigenvalue weighted by atomic mass is 9.97. The summed E-state index contributed by atoms with van der Waals surface area (Å²) in [7, 11) is 0. The van der Waals surface area contributed by atoms with Crippen molar-refractivity contribution in [2.45, 2.75) is 45.7 Å². The molecule has 0 bridgehead atoms. The van der Waals surface area contributed by atoms with Crippen molar-refractivity contribution in [1.29, 1.82) is 0 Å². The predicted molar refractivity (Wildman–Crippen MR) is 61.6 cm³/mol. The minimum atomic E-state index is 0.404. The fourth-order valence-electron chi connectivity index (χ4n) is 2.54. The fourth-order valence-corrected chi connectivity index (χ4v) is 2.54. The second-order valence-corrected chi connectivity index (χ2v) is 4.97. The Morgan fingerprint density at radius 3 is 2.73 bits per heavy atom. The molecule has 4 unspecified atom stereocenters. The Balaban J connectivity index is 1.92. The van der Waals surface area contributed by atoms with Crippen molar-refractivity contribution in [3.63, 3.8) is 0 Å². The van der Waals surface area contributed by atoms with Gasteiger partial charge in [0, 0.05) is 17.6 Å². The van der Waals surface area contributed by atoms with E-state index >= 15 is 0 Å². The molecule has 15 heavy (non-hydrogen) atoms. The molecule has 0 spiro atoms. The van der Waals surface area contributed by atoms with Crippen LogP contribution in [0.5, 0.6) is 0 Å². The van der Waals surface area contributed by atoms with E-state index in [1.54, 1.807) is 6.26 Å². The van der Waals surface area contributed by atoms with E-state index in [0.717, 1.165) is 11.8 Å². The van der Waals surface area contributed by atoms with Crippen molar-refractivity contribution in [2.24, 2.45) is 11.8 Å². The van der Waals surface area contributed by atoms with Gasteiger partial charge in [0.25, 0.3) is 0 Å². The first-order valence-electron chi connectivity index (χ1n) is 5.96. The lowest BCUT2D eigenvalue weighted by Crippen LogP contribution is -2.34. The molecule has 0 aliphatic heterocycles. The van der Waals surface area contributed by atoms with Crippen LogP contribution in [-0.2, 0) is 0 Å². The van der Waals surface area contributed by atoms with Crippen LogP contribution in [0.1, 0.15) is 45.2 Å². The molecule has 1 aliphatic carbocycles. The highest BCUT2D eigenvalue weighted by molar-refractivity contribution is 5.10. The average molecular weight is 207 g/mol. The first kappa shape index (κ1) is 10.7. The summed E-state index contributed by atoms with van der Waals surface area (Å²) >= 11 is 0. The van der Waals surface area contributed by atoms with Crippen molar-refractivity contribution in [3.05, 3.63) is 24.2 Å². The minimum Gasteiger partial charge on any atom is -0.472 e. The fraction of sp³-hybridized carbons (Fsp3) is 0.692. The summed E-state index contributed by atoms with van der Waals surface area (Å²) in [5.41, 5.74) is 1.25. The summed E-state index contributed by atoms with van der Waals surface area (Å²) in [5, 5.41) is 3.70. The minimum absolute atomic E-state index is 0.404. The van der Waals surface area contributed by atoms with E-state index in [4.69, 9.17) is 4.42 Å². The molecule has 1 N–H and O–H groups in total. The van der Waals surface area contributed by atoms with E-state index in [0.29, 0.717) is 12.1 Å². The number of furan rings is 1. The molecule has 1 saturated carbocycles. The van der Waals surface area contributed by atoms with Crippen LogP contribution in [0, 0.1) is 11.8 Å². The Kier molecular flexibility index (Phi) is 3.15. The quantitative estimate of drug-likeness (QED) is 0.822. The molecule has 2 rings (SSSR count). The zero-order valence-electron chi connectivity index (χ0n) is 9.86. The van der Waals surface area contributed by atoms with Crippen molar-refractivity contribution in [3.8, 4) is 0 Å². The second-order valence-electron chi connectivity index (χ2n) is 4.97. The molecule has 1 heterocycles. The molecule has 4 atom stereocenters. The van der Waals surface area contributed by atoms with Crippen LogP contribution < -0.4 is 5.32 Å². The maximum absolute atomic E-state index is 5.11. The summed E-state index contributed by atoms with van der Waals surface area (Å²) in [4.78, 5) is 0. The lowest BCUT2D eigenvalue weighted by molar-refractivity contribution is 0.346. The molecule has 0 aromatic carbocycles. The van der Waals surface area contributed by atoms with Crippen LogP contribution >= 0.6 is 0 Å². The molecule has 1 aliphatic rings. The third-order valence-corrected chi connectivity index (χ3v) is 3.97. The summed E-state index contributed by atoms with van der Waals surface area (Å²) in [6, 6.07) is 3.12. The predicted octanol–water partition coefficient (Wildman–Crippen LogP) is 3.36. The number of rotatable bonds is 3. The SMILES string of the molecule is CC(NC1CCC(C)C1C)c1ccoc1. The van der Waals surface area contributed by atoms with Gasteiger partial charge in [-0.15, -0.1) is 0 Å². The Hall–Kier alpha value is -0.760. The molecule has 2 nitrogen and oxygen atoms in total. The summed E-state index contributed by atoms with van der Waals surface area (Å²) in [6.07, 6.45) is 6.25. The maximum Gasteiger partial charge on any atom is 0.0950 e. The lowest BCUT2D eigenvalue weighted by Gasteiger charge is -2.23. The second kappa shape index (κ2) is 4.40. The first-order valence-corrected chi connectivity index (χ1v) is 5.96. The normalized spacial score (nSPS) is 33.1. The van der Waals surface area contributed by atoms with Gasteiger partial charge in [0.1, 0.15) is 0 Å². The van der Waals surface area contributed by atoms with Crippen LogP contribution in [0.3, 0.4) is 0 Å². The van der Waals surface area contributed by atoms with E-state index in [-0.39, 0.29) is 0 Å². The van der Waals surface area contributed by atoms with Crippen LogP contribution in [0.4, 0.5) is 0 Å². The monoisotopic (exact) mass is 207 g/mol. The van der Waals surface area contributed by atoms with Gasteiger partial charge in [0.05, 0.1) is 12.5 Å². The van der Waals surface area contributed by atoms with Gasteiger partial charge in [-0.25, -0.2) is 0 Å². The Morgan fingerprint density at radius 1 is 1.40 bits per heavy atom. The highest BCUT2D eigenvalue weighted by atomic mass is 16.3. The van der Waals surface area contributed by atoms with Gasteiger partial charge in [-0.2, -0.15) is 0 Å². The Bertz CT molecular complexity index is 293. The summed E-state index contributed by atoms with van der Waals surface area (Å²) in [5.74, 6) is 1.65. The van der Waals surface area contributed by atoms with E-state index in [1.165, 1.54) is 18.4 Å². The topological polar surface area (TPSA) is 25.2 Å². The van der Waals surface area contributed by atoms with E-state index in [9.17, 15) is 0 Å². The van der Waals surface area contributed by atoms with Crippen molar-refractivity contribution >= 4 is 0 Å². The maximum atomic E-state index is 5.11. The largest absolute Gasteiger partial charge is 0.472 e. The standard InChI is InChI=1S/C13H21NO/c1-9-4-5-13(10(9)2)14-11(3)12-6-7-15-8-12/h6-11,13-14H,4-5H2,1-3H3. The van der Waals surface area contributed by atoms with Gasteiger partial charge in [0.15, 0.2) is 0 Å². The summed E-state index contributed by atoms with van der Waals surface area (Å²) < 4.78 is 5.11. The number of nitrogens with one attached hydrogen (secondary N) is 1. The van der Waals surface area contributed by atoms with Crippen molar-refractivity contribution in [1.82, 2.24) is 5.32 Å². The van der Waals surface area contributed by atoms with Crippen LogP contribution in [-0.4, -0.2) is 6.04 Å². The van der Waals surface area contributed by atoms with Gasteiger partial charge >= 0.3 is 0 Å². The molecular weight excluding hydrogens is 186 g/mol. The molecule has 1 fully saturated rings. The van der Waals surface area contributed by atoms with Gasteiger partial charge in [-0.05, 0) is 37.7 Å². The first-order chi connectivity index (χ1) is 7.18. The third-order valence-electron chi connectivity index (χ3n) is 3.97. The van der Waals surface area contributed by atoms with E-state index in [1.807, 2.05) is 12.3 Å². The summed E-state index contributed by atoms with van der Waals surface area (Å²) in [6.45, 7) is 6.92. The number of hydrogen-bond acceptors (Lipinski definition) is 2. The molecule has 1 aromatic heterocycles. The number of hydrogen-bond donors (Lipinski definition) is 1. The van der Waals surface area contributed by atoms with Gasteiger partial charge in [-0.3, -0.25) is 0 Å². The van der Waals surface area contributed by atoms with Gasteiger partial charge in [0.2, 0.25) is 0 Å². The molecular formula is C13H21NO. The molecule has 2 heteroatoms. The Labute approximate surface area is 92.1 Å². The zero-order chi connectivity index (χ0) is 10.8. The van der Waals surface area contributed by atoms with Crippen molar-refractivity contribution < 1.29 is 4.42 Å². The zero-order valence-corrected chi connectivity index (χ0v) is 9.86. The van der Waals surface area contributed by atoms with E-state index in [2.05, 4.69) is 26.1 Å². The molecule has 1 aromatic rings.